The molecule has 2 rings (SSSR count). The van der Waals surface area contributed by atoms with E-state index in [4.69, 9.17) is 0 Å². The van der Waals surface area contributed by atoms with Crippen LogP contribution in [0.5, 0.6) is 0 Å². The summed E-state index contributed by atoms with van der Waals surface area (Å²) in [6.45, 7) is 5.46. The van der Waals surface area contributed by atoms with E-state index in [0.717, 1.165) is 18.5 Å². The predicted molar refractivity (Wildman–Crippen MR) is 64.8 cm³/mol. The van der Waals surface area contributed by atoms with Gasteiger partial charge in [0.1, 0.15) is 0 Å². The normalized spacial score (nSPS) is 24.1. The Morgan fingerprint density at radius 2 is 2.27 bits per heavy atom. The maximum Gasteiger partial charge on any atom is 0.0208 e. The van der Waals surface area contributed by atoms with Crippen LogP contribution in [0.4, 0.5) is 0 Å². The second-order valence-corrected chi connectivity index (χ2v) is 4.76. The van der Waals surface area contributed by atoms with Crippen molar-refractivity contribution in [2.45, 2.75) is 45.7 Å². The van der Waals surface area contributed by atoms with Crippen molar-refractivity contribution in [3.05, 3.63) is 35.4 Å². The minimum atomic E-state index is 0.797. The van der Waals surface area contributed by atoms with Crippen molar-refractivity contribution in [2.24, 2.45) is 5.92 Å². The summed E-state index contributed by atoms with van der Waals surface area (Å²) in [5.74, 6) is 0.958. The molecular weight excluding hydrogens is 182 g/mol. The Morgan fingerprint density at radius 3 is 3.00 bits per heavy atom. The molecule has 2 unspecified atom stereocenters. The number of hydrogen-bond acceptors (Lipinski definition) is 1. The van der Waals surface area contributed by atoms with Crippen LogP contribution < -0.4 is 5.32 Å². The molecule has 1 aliphatic rings. The first-order chi connectivity index (χ1) is 7.29. The summed E-state index contributed by atoms with van der Waals surface area (Å²) in [7, 11) is 0. The Morgan fingerprint density at radius 1 is 1.40 bits per heavy atom. The first-order valence-electron chi connectivity index (χ1n) is 6.08. The highest BCUT2D eigenvalue weighted by atomic mass is 15.0. The molecule has 1 N–H and O–H groups in total. The van der Waals surface area contributed by atoms with Crippen LogP contribution in [0.1, 0.15) is 37.3 Å². The zero-order valence-electron chi connectivity index (χ0n) is 9.79. The van der Waals surface area contributed by atoms with Gasteiger partial charge in [-0.25, -0.2) is 0 Å². The predicted octanol–water partition coefficient (Wildman–Crippen LogP) is 3.27. The molecule has 1 heteroatoms. The smallest absolute Gasteiger partial charge is 0.0208 e. The zero-order chi connectivity index (χ0) is 10.7. The van der Waals surface area contributed by atoms with Crippen LogP contribution in [0.25, 0.3) is 0 Å². The van der Waals surface area contributed by atoms with E-state index in [1.807, 2.05) is 0 Å². The second kappa shape index (κ2) is 4.80. The minimum Gasteiger partial charge on any atom is -0.310 e. The fourth-order valence-corrected chi connectivity index (χ4v) is 2.26. The Hall–Kier alpha value is -0.820. The lowest BCUT2D eigenvalue weighted by Crippen LogP contribution is -2.17. The molecule has 1 aromatic rings. The molecule has 1 fully saturated rings. The van der Waals surface area contributed by atoms with Gasteiger partial charge in [0.15, 0.2) is 0 Å². The molecular formula is C14H21N. The number of hydrogen-bond donors (Lipinski definition) is 1. The SMILES string of the molecule is CCCC1CC1NCc1cccc(C)c1. The largest absolute Gasteiger partial charge is 0.310 e. The molecule has 82 valence electrons. The standard InChI is InChI=1S/C14H21N/c1-3-5-13-9-14(13)15-10-12-7-4-6-11(2)8-12/h4,6-8,13-15H,3,5,9-10H2,1-2H3. The molecule has 0 amide bonds. The van der Waals surface area contributed by atoms with Crippen LogP contribution in [-0.2, 0) is 6.54 Å². The van der Waals surface area contributed by atoms with Gasteiger partial charge in [-0.3, -0.25) is 0 Å². The van der Waals surface area contributed by atoms with Crippen molar-refractivity contribution in [3.8, 4) is 0 Å². The van der Waals surface area contributed by atoms with Crippen molar-refractivity contribution < 1.29 is 0 Å². The topological polar surface area (TPSA) is 12.0 Å². The molecule has 2 atom stereocenters. The van der Waals surface area contributed by atoms with Crippen molar-refractivity contribution in [2.75, 3.05) is 0 Å². The molecule has 0 aliphatic heterocycles. The lowest BCUT2D eigenvalue weighted by atomic mass is 10.1. The van der Waals surface area contributed by atoms with Crippen molar-refractivity contribution in [1.29, 1.82) is 0 Å². The van der Waals surface area contributed by atoms with Gasteiger partial charge in [0.25, 0.3) is 0 Å². The van der Waals surface area contributed by atoms with Gasteiger partial charge in [-0.2, -0.15) is 0 Å². The lowest BCUT2D eigenvalue weighted by molar-refractivity contribution is 0.599. The average molecular weight is 203 g/mol. The van der Waals surface area contributed by atoms with E-state index >= 15 is 0 Å². The summed E-state index contributed by atoms with van der Waals surface area (Å²) in [4.78, 5) is 0. The minimum absolute atomic E-state index is 0.797. The second-order valence-electron chi connectivity index (χ2n) is 4.76. The molecule has 0 saturated heterocycles. The third-order valence-corrected chi connectivity index (χ3v) is 3.23. The molecule has 0 heterocycles. The molecule has 15 heavy (non-hydrogen) atoms. The third-order valence-electron chi connectivity index (χ3n) is 3.23. The van der Waals surface area contributed by atoms with Gasteiger partial charge in [-0.1, -0.05) is 43.2 Å². The van der Waals surface area contributed by atoms with E-state index in [-0.39, 0.29) is 0 Å². The van der Waals surface area contributed by atoms with Crippen molar-refractivity contribution in [3.63, 3.8) is 0 Å². The van der Waals surface area contributed by atoms with E-state index in [9.17, 15) is 0 Å². The molecule has 1 aliphatic carbocycles. The average Bonchev–Trinajstić information content (AvgIpc) is 2.95. The Labute approximate surface area is 92.9 Å². The van der Waals surface area contributed by atoms with Crippen LogP contribution in [-0.4, -0.2) is 6.04 Å². The highest BCUT2D eigenvalue weighted by Crippen LogP contribution is 2.34. The summed E-state index contributed by atoms with van der Waals surface area (Å²) in [6.07, 6.45) is 4.11. The Balaban J connectivity index is 1.75. The molecule has 1 aromatic carbocycles. The summed E-state index contributed by atoms with van der Waals surface area (Å²) >= 11 is 0. The highest BCUT2D eigenvalue weighted by molar-refractivity contribution is 5.22. The van der Waals surface area contributed by atoms with Crippen LogP contribution in [0.3, 0.4) is 0 Å². The van der Waals surface area contributed by atoms with E-state index in [1.54, 1.807) is 0 Å². The van der Waals surface area contributed by atoms with E-state index in [2.05, 4.69) is 43.4 Å². The van der Waals surface area contributed by atoms with Gasteiger partial charge >= 0.3 is 0 Å². The molecule has 1 saturated carbocycles. The highest BCUT2D eigenvalue weighted by Gasteiger charge is 2.35. The van der Waals surface area contributed by atoms with Gasteiger partial charge in [0.05, 0.1) is 0 Å². The van der Waals surface area contributed by atoms with Gasteiger partial charge in [0, 0.05) is 12.6 Å². The summed E-state index contributed by atoms with van der Waals surface area (Å²) < 4.78 is 0. The van der Waals surface area contributed by atoms with Gasteiger partial charge in [-0.15, -0.1) is 0 Å². The summed E-state index contributed by atoms with van der Waals surface area (Å²) in [6, 6.07) is 9.57. The number of benzene rings is 1. The first-order valence-corrected chi connectivity index (χ1v) is 6.08. The van der Waals surface area contributed by atoms with Crippen LogP contribution in [0, 0.1) is 12.8 Å². The Kier molecular flexibility index (Phi) is 3.42. The number of aryl methyl sites for hydroxylation is 1. The van der Waals surface area contributed by atoms with E-state index in [0.29, 0.717) is 0 Å². The molecule has 0 spiro atoms. The van der Waals surface area contributed by atoms with Gasteiger partial charge in [0.2, 0.25) is 0 Å². The monoisotopic (exact) mass is 203 g/mol. The maximum atomic E-state index is 3.64. The van der Waals surface area contributed by atoms with Gasteiger partial charge < -0.3 is 5.32 Å². The molecule has 1 nitrogen and oxygen atoms in total. The summed E-state index contributed by atoms with van der Waals surface area (Å²) in [5.41, 5.74) is 2.77. The quantitative estimate of drug-likeness (QED) is 0.774. The number of nitrogens with one attached hydrogen (secondary N) is 1. The van der Waals surface area contributed by atoms with E-state index < -0.39 is 0 Å². The molecule has 0 aromatic heterocycles. The van der Waals surface area contributed by atoms with Crippen LogP contribution in [0.2, 0.25) is 0 Å². The molecule has 0 bridgehead atoms. The zero-order valence-corrected chi connectivity index (χ0v) is 9.79. The molecule has 0 radical (unpaired) electrons. The van der Waals surface area contributed by atoms with Crippen molar-refractivity contribution >= 4 is 0 Å². The Bertz CT molecular complexity index is 319. The number of rotatable bonds is 5. The van der Waals surface area contributed by atoms with Gasteiger partial charge in [-0.05, 0) is 31.2 Å². The fourth-order valence-electron chi connectivity index (χ4n) is 2.26. The van der Waals surface area contributed by atoms with Crippen LogP contribution in [0.15, 0.2) is 24.3 Å². The van der Waals surface area contributed by atoms with Crippen molar-refractivity contribution in [1.82, 2.24) is 5.32 Å². The van der Waals surface area contributed by atoms with E-state index in [1.165, 1.54) is 30.4 Å². The maximum absolute atomic E-state index is 3.64. The summed E-state index contributed by atoms with van der Waals surface area (Å²) in [5, 5.41) is 3.64. The van der Waals surface area contributed by atoms with Crippen LogP contribution >= 0.6 is 0 Å². The first kappa shape index (κ1) is 10.7. The fraction of sp³-hybridized carbons (Fsp3) is 0.571. The third kappa shape index (κ3) is 3.07. The lowest BCUT2D eigenvalue weighted by Gasteiger charge is -2.04.